The number of ether oxygens (including phenoxy) is 1. The average Bonchev–Trinajstić information content (AvgIpc) is 2.39. The van der Waals surface area contributed by atoms with Gasteiger partial charge in [0.25, 0.3) is 0 Å². The average molecular weight is 243 g/mol. The highest BCUT2D eigenvalue weighted by Gasteiger charge is 2.05. The highest BCUT2D eigenvalue weighted by Crippen LogP contribution is 2.13. The molecule has 0 atom stereocenters. The molecule has 1 aromatic carbocycles. The number of carbonyl (C=O) groups is 1. The van der Waals surface area contributed by atoms with Gasteiger partial charge < -0.3 is 10.1 Å². The third-order valence-corrected chi connectivity index (χ3v) is 2.20. The zero-order valence-electron chi connectivity index (χ0n) is 10.5. The highest BCUT2D eigenvalue weighted by molar-refractivity contribution is 5.89. The zero-order chi connectivity index (χ0) is 13.4. The van der Waals surface area contributed by atoms with Gasteiger partial charge in [0.15, 0.2) is 0 Å². The molecule has 18 heavy (non-hydrogen) atoms. The van der Waals surface area contributed by atoms with Crippen LogP contribution in [0.15, 0.2) is 61.3 Å². The number of esters is 1. The monoisotopic (exact) mass is 243 g/mol. The molecule has 0 unspecified atom stereocenters. The highest BCUT2D eigenvalue weighted by atomic mass is 16.5. The van der Waals surface area contributed by atoms with E-state index < -0.39 is 0 Å². The maximum Gasteiger partial charge on any atom is 0.338 e. The van der Waals surface area contributed by atoms with Gasteiger partial charge in [-0.3, -0.25) is 0 Å². The van der Waals surface area contributed by atoms with E-state index in [1.54, 1.807) is 31.2 Å². The van der Waals surface area contributed by atoms with Crippen LogP contribution in [0.4, 0.5) is 5.69 Å². The quantitative estimate of drug-likeness (QED) is 0.613. The van der Waals surface area contributed by atoms with Gasteiger partial charge in [-0.05, 0) is 43.3 Å². The van der Waals surface area contributed by atoms with Crippen LogP contribution >= 0.6 is 0 Å². The lowest BCUT2D eigenvalue weighted by atomic mass is 10.2. The van der Waals surface area contributed by atoms with Gasteiger partial charge >= 0.3 is 5.97 Å². The summed E-state index contributed by atoms with van der Waals surface area (Å²) in [6, 6.07) is 7.06. The standard InChI is InChI=1S/C15H17NO2/c1-4-7-13(5-2)16-14-10-8-12(9-11-14)15(17)18-6-3/h4-5,7-11,16H,1-2,6H2,3H3/b13-7+. The second-order valence-electron chi connectivity index (χ2n) is 3.48. The minimum atomic E-state index is -0.311. The van der Waals surface area contributed by atoms with Crippen molar-refractivity contribution in [2.24, 2.45) is 0 Å². The van der Waals surface area contributed by atoms with Crippen molar-refractivity contribution in [2.45, 2.75) is 6.92 Å². The topological polar surface area (TPSA) is 38.3 Å². The fourth-order valence-electron chi connectivity index (χ4n) is 1.36. The van der Waals surface area contributed by atoms with Gasteiger partial charge in [-0.1, -0.05) is 19.2 Å². The summed E-state index contributed by atoms with van der Waals surface area (Å²) >= 11 is 0. The maximum absolute atomic E-state index is 11.5. The normalized spacial score (nSPS) is 10.6. The Hall–Kier alpha value is -2.29. The smallest absolute Gasteiger partial charge is 0.338 e. The van der Waals surface area contributed by atoms with Crippen LogP contribution < -0.4 is 5.32 Å². The molecule has 0 aliphatic rings. The second kappa shape index (κ2) is 7.12. The van der Waals surface area contributed by atoms with Crippen molar-refractivity contribution in [1.29, 1.82) is 0 Å². The summed E-state index contributed by atoms with van der Waals surface area (Å²) in [5.74, 6) is -0.311. The van der Waals surface area contributed by atoms with Crippen LogP contribution in [0.25, 0.3) is 0 Å². The maximum atomic E-state index is 11.5. The van der Waals surface area contributed by atoms with Gasteiger partial charge in [0.2, 0.25) is 0 Å². The van der Waals surface area contributed by atoms with Crippen LogP contribution in [0.3, 0.4) is 0 Å². The molecular weight excluding hydrogens is 226 g/mol. The Morgan fingerprint density at radius 2 is 2.00 bits per heavy atom. The summed E-state index contributed by atoms with van der Waals surface area (Å²) in [5.41, 5.74) is 2.25. The van der Waals surface area contributed by atoms with E-state index in [0.717, 1.165) is 11.4 Å². The lowest BCUT2D eigenvalue weighted by Gasteiger charge is -2.07. The minimum Gasteiger partial charge on any atom is -0.462 e. The predicted molar refractivity (Wildman–Crippen MR) is 74.5 cm³/mol. The first kappa shape index (κ1) is 13.8. The van der Waals surface area contributed by atoms with Crippen molar-refractivity contribution in [1.82, 2.24) is 0 Å². The Morgan fingerprint density at radius 1 is 1.33 bits per heavy atom. The molecule has 0 heterocycles. The van der Waals surface area contributed by atoms with Gasteiger partial charge in [0.1, 0.15) is 0 Å². The molecule has 0 fully saturated rings. The molecule has 0 aromatic heterocycles. The number of hydrogen-bond donors (Lipinski definition) is 1. The van der Waals surface area contributed by atoms with Gasteiger partial charge in [0.05, 0.1) is 12.2 Å². The van der Waals surface area contributed by atoms with Crippen LogP contribution in [0.2, 0.25) is 0 Å². The number of benzene rings is 1. The molecule has 0 saturated carbocycles. The summed E-state index contributed by atoms with van der Waals surface area (Å²) in [7, 11) is 0. The molecule has 0 aliphatic carbocycles. The molecule has 1 rings (SSSR count). The largest absolute Gasteiger partial charge is 0.462 e. The minimum absolute atomic E-state index is 0.311. The Kier molecular flexibility index (Phi) is 5.45. The van der Waals surface area contributed by atoms with E-state index in [4.69, 9.17) is 4.74 Å². The van der Waals surface area contributed by atoms with Crippen molar-refractivity contribution >= 4 is 11.7 Å². The molecule has 1 aromatic rings. The SMILES string of the molecule is C=C/C=C(\C=C)Nc1ccc(C(=O)OCC)cc1. The first-order chi connectivity index (χ1) is 8.71. The van der Waals surface area contributed by atoms with Crippen LogP contribution in [0.1, 0.15) is 17.3 Å². The first-order valence-electron chi connectivity index (χ1n) is 5.70. The van der Waals surface area contributed by atoms with E-state index in [1.807, 2.05) is 18.2 Å². The molecule has 0 spiro atoms. The molecular formula is C15H17NO2. The lowest BCUT2D eigenvalue weighted by Crippen LogP contribution is -2.04. The van der Waals surface area contributed by atoms with E-state index >= 15 is 0 Å². The molecule has 0 radical (unpaired) electrons. The second-order valence-corrected chi connectivity index (χ2v) is 3.48. The van der Waals surface area contributed by atoms with Crippen molar-refractivity contribution < 1.29 is 9.53 Å². The first-order valence-corrected chi connectivity index (χ1v) is 5.70. The molecule has 0 saturated heterocycles. The van der Waals surface area contributed by atoms with E-state index in [2.05, 4.69) is 18.5 Å². The lowest BCUT2D eigenvalue weighted by molar-refractivity contribution is 0.0526. The summed E-state index contributed by atoms with van der Waals surface area (Å²) < 4.78 is 4.91. The van der Waals surface area contributed by atoms with Crippen LogP contribution in [-0.2, 0) is 4.74 Å². The third kappa shape index (κ3) is 3.94. The van der Waals surface area contributed by atoms with Gasteiger partial charge in [0, 0.05) is 11.4 Å². The Bertz CT molecular complexity index is 458. The van der Waals surface area contributed by atoms with Crippen molar-refractivity contribution in [3.8, 4) is 0 Å². The van der Waals surface area contributed by atoms with Crippen molar-refractivity contribution in [3.05, 3.63) is 66.9 Å². The Balaban J connectivity index is 2.76. The van der Waals surface area contributed by atoms with Crippen LogP contribution in [0.5, 0.6) is 0 Å². The zero-order valence-corrected chi connectivity index (χ0v) is 10.5. The number of allylic oxidation sites excluding steroid dienone is 3. The number of anilines is 1. The van der Waals surface area contributed by atoms with E-state index in [9.17, 15) is 4.79 Å². The van der Waals surface area contributed by atoms with Gasteiger partial charge in [-0.2, -0.15) is 0 Å². The van der Waals surface area contributed by atoms with Crippen molar-refractivity contribution in [3.63, 3.8) is 0 Å². The number of carbonyl (C=O) groups excluding carboxylic acids is 1. The molecule has 3 heteroatoms. The van der Waals surface area contributed by atoms with Gasteiger partial charge in [-0.15, -0.1) is 0 Å². The fraction of sp³-hybridized carbons (Fsp3) is 0.133. The molecule has 0 aliphatic heterocycles. The van der Waals surface area contributed by atoms with E-state index in [-0.39, 0.29) is 5.97 Å². The summed E-state index contributed by atoms with van der Waals surface area (Å²) in [4.78, 5) is 11.5. The summed E-state index contributed by atoms with van der Waals surface area (Å²) in [6.45, 7) is 9.47. The van der Waals surface area contributed by atoms with Gasteiger partial charge in [-0.25, -0.2) is 4.79 Å². The predicted octanol–water partition coefficient (Wildman–Crippen LogP) is 3.53. The number of rotatable bonds is 6. The Morgan fingerprint density at radius 3 is 2.50 bits per heavy atom. The van der Waals surface area contributed by atoms with Crippen LogP contribution in [-0.4, -0.2) is 12.6 Å². The van der Waals surface area contributed by atoms with E-state index in [0.29, 0.717) is 12.2 Å². The number of hydrogen-bond acceptors (Lipinski definition) is 3. The molecule has 3 nitrogen and oxygen atoms in total. The summed E-state index contributed by atoms with van der Waals surface area (Å²) in [5, 5.41) is 3.15. The van der Waals surface area contributed by atoms with E-state index in [1.165, 1.54) is 0 Å². The summed E-state index contributed by atoms with van der Waals surface area (Å²) in [6.07, 6.45) is 5.18. The van der Waals surface area contributed by atoms with Crippen LogP contribution in [0, 0.1) is 0 Å². The molecule has 0 bridgehead atoms. The molecule has 1 N–H and O–H groups in total. The molecule has 94 valence electrons. The van der Waals surface area contributed by atoms with Crippen molar-refractivity contribution in [2.75, 3.05) is 11.9 Å². The third-order valence-electron chi connectivity index (χ3n) is 2.20. The number of nitrogens with one attached hydrogen (secondary N) is 1. The Labute approximate surface area is 107 Å². The molecule has 0 amide bonds. The fourth-order valence-corrected chi connectivity index (χ4v) is 1.36.